The summed E-state index contributed by atoms with van der Waals surface area (Å²) in [6.07, 6.45) is 11.6. The molecule has 224 valence electrons. The molecule has 3 fully saturated rings. The highest BCUT2D eigenvalue weighted by molar-refractivity contribution is 5.85. The molecule has 0 saturated heterocycles. The fourth-order valence-corrected chi connectivity index (χ4v) is 10.2. The van der Waals surface area contributed by atoms with Crippen LogP contribution in [0.25, 0.3) is 0 Å². The molecule has 6 nitrogen and oxygen atoms in total. The second-order valence-electron chi connectivity index (χ2n) is 14.8. The minimum Gasteiger partial charge on any atom is -0.478 e. The molecule has 0 unspecified atom stereocenters. The van der Waals surface area contributed by atoms with Gasteiger partial charge in [0.1, 0.15) is 12.2 Å². The van der Waals surface area contributed by atoms with Gasteiger partial charge in [-0.2, -0.15) is 0 Å². The Morgan fingerprint density at radius 1 is 1.00 bits per heavy atom. The van der Waals surface area contributed by atoms with Gasteiger partial charge >= 0.3 is 17.9 Å². The lowest BCUT2D eigenvalue weighted by molar-refractivity contribution is -0.190. The first kappa shape index (κ1) is 30.8. The second kappa shape index (κ2) is 10.6. The predicted octanol–water partition coefficient (Wildman–Crippen LogP) is 7.51. The van der Waals surface area contributed by atoms with Crippen LogP contribution in [0.4, 0.5) is 0 Å². The topological polar surface area (TPSA) is 89.9 Å². The van der Waals surface area contributed by atoms with E-state index < -0.39 is 5.97 Å². The first-order valence-electron chi connectivity index (χ1n) is 15.4. The molecule has 4 aliphatic rings. The van der Waals surface area contributed by atoms with Gasteiger partial charge in [-0.15, -0.1) is 0 Å². The average Bonchev–Trinajstić information content (AvgIpc) is 3.13. The molecule has 4 rings (SSSR count). The smallest absolute Gasteiger partial charge is 0.330 e. The van der Waals surface area contributed by atoms with Crippen LogP contribution in [0.3, 0.4) is 0 Å². The number of carboxylic acids is 1. The molecule has 0 aliphatic heterocycles. The minimum absolute atomic E-state index is 0.0375. The van der Waals surface area contributed by atoms with Crippen LogP contribution >= 0.6 is 0 Å². The van der Waals surface area contributed by atoms with Crippen molar-refractivity contribution in [3.8, 4) is 0 Å². The van der Waals surface area contributed by atoms with Crippen molar-refractivity contribution in [1.82, 2.24) is 0 Å². The van der Waals surface area contributed by atoms with E-state index in [-0.39, 0.29) is 45.8 Å². The van der Waals surface area contributed by atoms with Crippen molar-refractivity contribution in [2.45, 2.75) is 126 Å². The molecule has 0 aromatic carbocycles. The maximum Gasteiger partial charge on any atom is 0.330 e. The van der Waals surface area contributed by atoms with E-state index in [1.165, 1.54) is 13.8 Å². The minimum atomic E-state index is -0.859. The molecular formula is C34H52O6. The van der Waals surface area contributed by atoms with E-state index in [2.05, 4.69) is 47.6 Å². The Balaban J connectivity index is 1.70. The van der Waals surface area contributed by atoms with Crippen LogP contribution in [0, 0.1) is 45.3 Å². The lowest BCUT2D eigenvalue weighted by Gasteiger charge is -2.65. The van der Waals surface area contributed by atoms with Crippen molar-refractivity contribution in [1.29, 1.82) is 0 Å². The van der Waals surface area contributed by atoms with E-state index in [1.54, 1.807) is 12.5 Å². The van der Waals surface area contributed by atoms with Gasteiger partial charge in [0.2, 0.25) is 0 Å². The maximum atomic E-state index is 12.6. The summed E-state index contributed by atoms with van der Waals surface area (Å²) in [7, 11) is 0. The van der Waals surface area contributed by atoms with Gasteiger partial charge in [0, 0.05) is 30.3 Å². The highest BCUT2D eigenvalue weighted by Gasteiger charge is 2.69. The molecule has 0 heterocycles. The van der Waals surface area contributed by atoms with Crippen LogP contribution in [-0.4, -0.2) is 35.2 Å². The normalized spacial score (nSPS) is 41.1. The molecular weight excluding hydrogens is 504 g/mol. The van der Waals surface area contributed by atoms with Crippen molar-refractivity contribution in [2.75, 3.05) is 0 Å². The van der Waals surface area contributed by atoms with Gasteiger partial charge in [-0.3, -0.25) is 9.59 Å². The summed E-state index contributed by atoms with van der Waals surface area (Å²) in [5.74, 6) is 0.177. The van der Waals surface area contributed by atoms with E-state index in [4.69, 9.17) is 9.47 Å². The van der Waals surface area contributed by atoms with Crippen LogP contribution in [0.1, 0.15) is 114 Å². The standard InChI is InChI=1S/C34H52O6/c1-20(11-10-12-21(2)30(37)38)24-15-18-33(8)25-13-14-27-31(5,6)28(39-22(3)35)16-17-32(27,7)26(25)19-29(34(24,33)9)40-23(4)36/h12-13,20,24,26-29H,10-11,14-19H2,1-9H3,(H,37,38)/b21-12-/t20-,24-,26-,27+,28-,29+,32-,33+,34+/m1/s1. The third-order valence-corrected chi connectivity index (χ3v) is 12.6. The maximum absolute atomic E-state index is 12.6. The fraction of sp³-hybridized carbons (Fsp3) is 0.794. The number of carboxylic acid groups (broad SMARTS) is 1. The summed E-state index contributed by atoms with van der Waals surface area (Å²) >= 11 is 0. The molecule has 0 radical (unpaired) electrons. The first-order valence-corrected chi connectivity index (χ1v) is 15.4. The van der Waals surface area contributed by atoms with Crippen molar-refractivity contribution in [3.63, 3.8) is 0 Å². The van der Waals surface area contributed by atoms with Crippen LogP contribution in [0.2, 0.25) is 0 Å². The van der Waals surface area contributed by atoms with Gasteiger partial charge in [-0.05, 0) is 92.8 Å². The van der Waals surface area contributed by atoms with Crippen LogP contribution in [-0.2, 0) is 23.9 Å². The van der Waals surface area contributed by atoms with Gasteiger partial charge in [0.05, 0.1) is 0 Å². The number of rotatable bonds is 7. The van der Waals surface area contributed by atoms with Gasteiger partial charge in [-0.1, -0.05) is 59.3 Å². The first-order chi connectivity index (χ1) is 18.5. The van der Waals surface area contributed by atoms with E-state index in [0.717, 1.165) is 51.4 Å². The van der Waals surface area contributed by atoms with E-state index in [0.29, 0.717) is 29.2 Å². The number of carbonyl (C=O) groups excluding carboxylic acids is 2. The molecule has 0 aromatic heterocycles. The Morgan fingerprint density at radius 2 is 1.62 bits per heavy atom. The highest BCUT2D eigenvalue weighted by Crippen LogP contribution is 2.74. The number of aliphatic carboxylic acids is 1. The monoisotopic (exact) mass is 556 g/mol. The Kier molecular flexibility index (Phi) is 8.19. The van der Waals surface area contributed by atoms with Crippen molar-refractivity contribution < 1.29 is 29.0 Å². The summed E-state index contributed by atoms with van der Waals surface area (Å²) < 4.78 is 12.2. The van der Waals surface area contributed by atoms with E-state index in [9.17, 15) is 19.5 Å². The zero-order valence-electron chi connectivity index (χ0n) is 26.3. The molecule has 0 spiro atoms. The van der Waals surface area contributed by atoms with Crippen molar-refractivity contribution >= 4 is 17.9 Å². The number of esters is 2. The molecule has 6 heteroatoms. The number of fused-ring (bicyclic) bond motifs is 5. The highest BCUT2D eigenvalue weighted by atomic mass is 16.5. The Hall–Kier alpha value is -2.11. The summed E-state index contributed by atoms with van der Waals surface area (Å²) in [5.41, 5.74) is 1.58. The number of ether oxygens (including phenoxy) is 2. The largest absolute Gasteiger partial charge is 0.478 e. The van der Waals surface area contributed by atoms with E-state index >= 15 is 0 Å². The van der Waals surface area contributed by atoms with Gasteiger partial charge in [0.25, 0.3) is 0 Å². The molecule has 1 N–H and O–H groups in total. The van der Waals surface area contributed by atoms with E-state index in [1.807, 2.05) is 6.08 Å². The summed E-state index contributed by atoms with van der Waals surface area (Å²) in [6, 6.07) is 0. The molecule has 3 saturated carbocycles. The predicted molar refractivity (Wildman–Crippen MR) is 155 cm³/mol. The quantitative estimate of drug-likeness (QED) is 0.198. The zero-order chi connectivity index (χ0) is 29.8. The molecule has 9 atom stereocenters. The molecule has 0 amide bonds. The summed E-state index contributed by atoms with van der Waals surface area (Å²) in [6.45, 7) is 18.8. The molecule has 40 heavy (non-hydrogen) atoms. The molecule has 0 aromatic rings. The summed E-state index contributed by atoms with van der Waals surface area (Å²) in [5, 5.41) is 9.26. The van der Waals surface area contributed by atoms with Gasteiger partial charge < -0.3 is 14.6 Å². The lowest BCUT2D eigenvalue weighted by atomic mass is 9.40. The van der Waals surface area contributed by atoms with Gasteiger partial charge in [-0.25, -0.2) is 4.79 Å². The van der Waals surface area contributed by atoms with Crippen molar-refractivity contribution in [3.05, 3.63) is 23.3 Å². The third kappa shape index (κ3) is 4.75. The Labute approximate surface area is 241 Å². The number of hydrogen-bond acceptors (Lipinski definition) is 5. The van der Waals surface area contributed by atoms with Gasteiger partial charge in [0.15, 0.2) is 0 Å². The molecule has 4 aliphatic carbocycles. The van der Waals surface area contributed by atoms with Crippen LogP contribution < -0.4 is 0 Å². The molecule has 0 bridgehead atoms. The summed E-state index contributed by atoms with van der Waals surface area (Å²) in [4.78, 5) is 35.8. The Morgan fingerprint density at radius 3 is 2.23 bits per heavy atom. The number of allylic oxidation sites excluding steroid dienone is 3. The third-order valence-electron chi connectivity index (χ3n) is 12.6. The zero-order valence-corrected chi connectivity index (χ0v) is 26.3. The lowest BCUT2D eigenvalue weighted by Crippen LogP contribution is -2.62. The van der Waals surface area contributed by atoms with Crippen LogP contribution in [0.15, 0.2) is 23.3 Å². The second-order valence-corrected chi connectivity index (χ2v) is 14.8. The average molecular weight is 557 g/mol. The Bertz CT molecular complexity index is 1100. The van der Waals surface area contributed by atoms with Crippen molar-refractivity contribution in [2.24, 2.45) is 45.3 Å². The SMILES string of the molecule is CC(=O)O[C@H]1C[C@@H]2C(=CC[C@H]3C(C)(C)[C@H](OC(C)=O)CC[C@]23C)[C@]2(C)CC[C@H]([C@H](C)CC/C=C(/C)C(=O)O)[C@@]12C. The van der Waals surface area contributed by atoms with Crippen LogP contribution in [0.5, 0.6) is 0 Å². The number of hydrogen-bond donors (Lipinski definition) is 1. The number of carbonyl (C=O) groups is 3. The fourth-order valence-electron chi connectivity index (χ4n) is 10.2.